The van der Waals surface area contributed by atoms with Gasteiger partial charge in [0, 0.05) is 13.1 Å². The Balaban J connectivity index is 1.47. The molecule has 0 spiro atoms. The van der Waals surface area contributed by atoms with E-state index >= 15 is 0 Å². The van der Waals surface area contributed by atoms with Crippen molar-refractivity contribution in [3.8, 4) is 11.5 Å². The van der Waals surface area contributed by atoms with E-state index in [1.165, 1.54) is 0 Å². The van der Waals surface area contributed by atoms with Crippen LogP contribution in [0.4, 0.5) is 0 Å². The molecule has 0 saturated heterocycles. The molecule has 21 heavy (non-hydrogen) atoms. The van der Waals surface area contributed by atoms with Gasteiger partial charge in [0.2, 0.25) is 0 Å². The minimum absolute atomic E-state index is 0.0390. The van der Waals surface area contributed by atoms with Gasteiger partial charge in [0.05, 0.1) is 6.10 Å². The number of aliphatic hydroxyl groups is 1. The molecule has 2 aromatic rings. The van der Waals surface area contributed by atoms with Crippen molar-refractivity contribution in [2.24, 2.45) is 0 Å². The fourth-order valence-corrected chi connectivity index (χ4v) is 2.34. The third-order valence-electron chi connectivity index (χ3n) is 3.46. The molecule has 0 bridgehead atoms. The second-order valence-electron chi connectivity index (χ2n) is 5.08. The standard InChI is InChI=1S/C17H19NO3/c19-15(13-6-2-1-3-7-13)11-18-10-14-12-20-16-8-4-5-9-17(16)21-14/h1-9,14-15,18-19H,10-12H2. The number of benzene rings is 2. The summed E-state index contributed by atoms with van der Waals surface area (Å²) in [7, 11) is 0. The molecule has 1 aliphatic heterocycles. The minimum Gasteiger partial charge on any atom is -0.486 e. The lowest BCUT2D eigenvalue weighted by Crippen LogP contribution is -2.39. The maximum Gasteiger partial charge on any atom is 0.161 e. The summed E-state index contributed by atoms with van der Waals surface area (Å²) in [6.45, 7) is 1.65. The minimum atomic E-state index is -0.511. The van der Waals surface area contributed by atoms with Gasteiger partial charge in [-0.25, -0.2) is 0 Å². The average molecular weight is 285 g/mol. The first kappa shape index (κ1) is 13.9. The van der Waals surface area contributed by atoms with Gasteiger partial charge in [-0.15, -0.1) is 0 Å². The molecule has 0 radical (unpaired) electrons. The van der Waals surface area contributed by atoms with Crippen molar-refractivity contribution >= 4 is 0 Å². The van der Waals surface area contributed by atoms with Crippen molar-refractivity contribution in [1.29, 1.82) is 0 Å². The number of para-hydroxylation sites is 2. The molecule has 0 amide bonds. The molecule has 4 nitrogen and oxygen atoms in total. The average Bonchev–Trinajstić information content (AvgIpc) is 2.55. The summed E-state index contributed by atoms with van der Waals surface area (Å²) in [6.07, 6.45) is -0.550. The van der Waals surface area contributed by atoms with E-state index in [1.54, 1.807) is 0 Å². The van der Waals surface area contributed by atoms with Crippen LogP contribution >= 0.6 is 0 Å². The quantitative estimate of drug-likeness (QED) is 0.884. The van der Waals surface area contributed by atoms with E-state index in [9.17, 15) is 5.11 Å². The van der Waals surface area contributed by atoms with E-state index in [1.807, 2.05) is 54.6 Å². The fraction of sp³-hybridized carbons (Fsp3) is 0.294. The smallest absolute Gasteiger partial charge is 0.161 e. The van der Waals surface area contributed by atoms with E-state index in [2.05, 4.69) is 5.32 Å². The Morgan fingerprint density at radius 3 is 2.57 bits per heavy atom. The summed E-state index contributed by atoms with van der Waals surface area (Å²) in [6, 6.07) is 17.3. The van der Waals surface area contributed by atoms with Crippen LogP contribution in [0.2, 0.25) is 0 Å². The van der Waals surface area contributed by atoms with Crippen LogP contribution in [0.1, 0.15) is 11.7 Å². The van der Waals surface area contributed by atoms with Crippen LogP contribution in [0, 0.1) is 0 Å². The van der Waals surface area contributed by atoms with Crippen LogP contribution in [0.3, 0.4) is 0 Å². The SMILES string of the molecule is OC(CNCC1COc2ccccc2O1)c1ccccc1. The number of aliphatic hydroxyl groups excluding tert-OH is 1. The summed E-state index contributed by atoms with van der Waals surface area (Å²) in [5, 5.41) is 13.3. The van der Waals surface area contributed by atoms with Gasteiger partial charge in [-0.2, -0.15) is 0 Å². The number of nitrogens with one attached hydrogen (secondary N) is 1. The zero-order valence-corrected chi connectivity index (χ0v) is 11.7. The van der Waals surface area contributed by atoms with Crippen molar-refractivity contribution in [3.63, 3.8) is 0 Å². The van der Waals surface area contributed by atoms with Gasteiger partial charge in [-0.1, -0.05) is 42.5 Å². The van der Waals surface area contributed by atoms with Crippen LogP contribution in [0.15, 0.2) is 54.6 Å². The topological polar surface area (TPSA) is 50.7 Å². The Morgan fingerprint density at radius 2 is 1.76 bits per heavy atom. The molecule has 4 heteroatoms. The Bertz CT molecular complexity index is 573. The lowest BCUT2D eigenvalue weighted by molar-refractivity contribution is 0.0858. The van der Waals surface area contributed by atoms with E-state index in [-0.39, 0.29) is 6.10 Å². The highest BCUT2D eigenvalue weighted by atomic mass is 16.6. The molecule has 2 N–H and O–H groups in total. The highest BCUT2D eigenvalue weighted by Gasteiger charge is 2.20. The number of hydrogen-bond donors (Lipinski definition) is 2. The maximum absolute atomic E-state index is 10.1. The molecule has 1 aliphatic rings. The Hall–Kier alpha value is -2.04. The first-order valence-corrected chi connectivity index (χ1v) is 7.15. The molecular formula is C17H19NO3. The van der Waals surface area contributed by atoms with Crippen molar-refractivity contribution in [2.45, 2.75) is 12.2 Å². The van der Waals surface area contributed by atoms with Crippen molar-refractivity contribution < 1.29 is 14.6 Å². The number of rotatable bonds is 5. The molecule has 0 aliphatic carbocycles. The predicted octanol–water partition coefficient (Wildman–Crippen LogP) is 2.15. The molecule has 0 aromatic heterocycles. The largest absolute Gasteiger partial charge is 0.486 e. The first-order valence-electron chi connectivity index (χ1n) is 7.15. The van der Waals surface area contributed by atoms with Crippen LogP contribution in [-0.2, 0) is 0 Å². The van der Waals surface area contributed by atoms with Gasteiger partial charge in [0.1, 0.15) is 12.7 Å². The zero-order valence-electron chi connectivity index (χ0n) is 11.7. The molecule has 0 fully saturated rings. The second-order valence-corrected chi connectivity index (χ2v) is 5.08. The Labute approximate surface area is 124 Å². The highest BCUT2D eigenvalue weighted by Crippen LogP contribution is 2.30. The Morgan fingerprint density at radius 1 is 1.05 bits per heavy atom. The lowest BCUT2D eigenvalue weighted by Gasteiger charge is -2.27. The third-order valence-corrected chi connectivity index (χ3v) is 3.46. The van der Waals surface area contributed by atoms with Crippen LogP contribution in [0.5, 0.6) is 11.5 Å². The second kappa shape index (κ2) is 6.61. The van der Waals surface area contributed by atoms with Crippen molar-refractivity contribution in [2.75, 3.05) is 19.7 Å². The van der Waals surface area contributed by atoms with Gasteiger partial charge >= 0.3 is 0 Å². The molecule has 110 valence electrons. The maximum atomic E-state index is 10.1. The van der Waals surface area contributed by atoms with Gasteiger partial charge in [-0.05, 0) is 17.7 Å². The number of hydrogen-bond acceptors (Lipinski definition) is 4. The summed E-state index contributed by atoms with van der Waals surface area (Å²) >= 11 is 0. The highest BCUT2D eigenvalue weighted by molar-refractivity contribution is 5.40. The van der Waals surface area contributed by atoms with E-state index in [0.29, 0.717) is 19.7 Å². The summed E-state index contributed by atoms with van der Waals surface area (Å²) < 4.78 is 11.5. The van der Waals surface area contributed by atoms with E-state index in [4.69, 9.17) is 9.47 Å². The first-order chi connectivity index (χ1) is 10.3. The number of ether oxygens (including phenoxy) is 2. The molecule has 2 atom stereocenters. The van der Waals surface area contributed by atoms with Gasteiger partial charge in [0.15, 0.2) is 11.5 Å². The zero-order chi connectivity index (χ0) is 14.5. The molecule has 2 unspecified atom stereocenters. The fourth-order valence-electron chi connectivity index (χ4n) is 2.34. The van der Waals surface area contributed by atoms with Gasteiger partial charge in [0.25, 0.3) is 0 Å². The van der Waals surface area contributed by atoms with E-state index < -0.39 is 6.10 Å². The molecule has 2 aromatic carbocycles. The Kier molecular flexibility index (Phi) is 4.38. The summed E-state index contributed by atoms with van der Waals surface area (Å²) in [4.78, 5) is 0. The molecule has 0 saturated carbocycles. The van der Waals surface area contributed by atoms with Crippen molar-refractivity contribution in [1.82, 2.24) is 5.32 Å². The summed E-state index contributed by atoms with van der Waals surface area (Å²) in [5.41, 5.74) is 0.913. The molecular weight excluding hydrogens is 266 g/mol. The molecule has 1 heterocycles. The van der Waals surface area contributed by atoms with Crippen molar-refractivity contribution in [3.05, 3.63) is 60.2 Å². The predicted molar refractivity (Wildman–Crippen MR) is 80.6 cm³/mol. The van der Waals surface area contributed by atoms with Crippen LogP contribution in [0.25, 0.3) is 0 Å². The van der Waals surface area contributed by atoms with Crippen LogP contribution in [-0.4, -0.2) is 30.9 Å². The normalized spacial score (nSPS) is 18.2. The summed E-state index contributed by atoms with van der Waals surface area (Å²) in [5.74, 6) is 1.57. The van der Waals surface area contributed by atoms with Gasteiger partial charge in [-0.3, -0.25) is 0 Å². The third kappa shape index (κ3) is 3.54. The van der Waals surface area contributed by atoms with Gasteiger partial charge < -0.3 is 19.9 Å². The monoisotopic (exact) mass is 285 g/mol. The number of fused-ring (bicyclic) bond motifs is 1. The lowest BCUT2D eigenvalue weighted by atomic mass is 10.1. The molecule has 3 rings (SSSR count). The van der Waals surface area contributed by atoms with Crippen LogP contribution < -0.4 is 14.8 Å². The van der Waals surface area contributed by atoms with E-state index in [0.717, 1.165) is 17.1 Å².